The number of likely N-dealkylation sites (tertiary alicyclic amines) is 1. The molecule has 1 aromatic heterocycles. The van der Waals surface area contributed by atoms with Crippen molar-refractivity contribution in [2.45, 2.75) is 39.7 Å². The normalized spacial score (nSPS) is 15.7. The van der Waals surface area contributed by atoms with Crippen LogP contribution in [0.5, 0.6) is 11.5 Å². The highest BCUT2D eigenvalue weighted by Crippen LogP contribution is 2.28. The predicted octanol–water partition coefficient (Wildman–Crippen LogP) is 3.51. The summed E-state index contributed by atoms with van der Waals surface area (Å²) in [7, 11) is 3.23. The third kappa shape index (κ3) is 4.09. The maximum Gasteiger partial charge on any atom is 0.424 e. The highest BCUT2D eigenvalue weighted by molar-refractivity contribution is 5.85. The molecule has 0 aliphatic carbocycles. The summed E-state index contributed by atoms with van der Waals surface area (Å²) in [4.78, 5) is 22.6. The first-order chi connectivity index (χ1) is 13.5. The first-order valence-electron chi connectivity index (χ1n) is 9.68. The van der Waals surface area contributed by atoms with Crippen molar-refractivity contribution in [1.82, 2.24) is 19.8 Å². The molecule has 1 aromatic carbocycles. The molecule has 2 amide bonds. The van der Waals surface area contributed by atoms with E-state index in [1.165, 1.54) is 0 Å². The second-order valence-electron chi connectivity index (χ2n) is 7.26. The van der Waals surface area contributed by atoms with Crippen molar-refractivity contribution in [2.24, 2.45) is 0 Å². The van der Waals surface area contributed by atoms with Gasteiger partial charge in [0.15, 0.2) is 0 Å². The third-order valence-corrected chi connectivity index (χ3v) is 5.25. The largest absolute Gasteiger partial charge is 0.497 e. The number of aryl methyl sites for hydroxylation is 2. The van der Waals surface area contributed by atoms with Gasteiger partial charge in [-0.05, 0) is 51.3 Å². The molecule has 1 saturated heterocycles. The van der Waals surface area contributed by atoms with Crippen LogP contribution in [0.4, 0.5) is 10.7 Å². The number of piperidine rings is 1. The summed E-state index contributed by atoms with van der Waals surface area (Å²) in [6.07, 6.45) is 3.09. The summed E-state index contributed by atoms with van der Waals surface area (Å²) in [6.45, 7) is 5.69. The Morgan fingerprint density at radius 3 is 2.32 bits per heavy atom. The molecule has 0 bridgehead atoms. The van der Waals surface area contributed by atoms with Gasteiger partial charge in [-0.1, -0.05) is 0 Å². The van der Waals surface area contributed by atoms with Crippen LogP contribution in [-0.2, 0) is 6.54 Å². The van der Waals surface area contributed by atoms with Crippen molar-refractivity contribution in [3.8, 4) is 11.5 Å². The molecule has 2 aromatic rings. The van der Waals surface area contributed by atoms with Crippen molar-refractivity contribution in [1.29, 1.82) is 0 Å². The lowest BCUT2D eigenvalue weighted by Crippen LogP contribution is -2.61. The number of ether oxygens (including phenoxy) is 2. The molecule has 150 valence electrons. The van der Waals surface area contributed by atoms with Crippen LogP contribution in [0.15, 0.2) is 24.3 Å². The zero-order valence-corrected chi connectivity index (χ0v) is 17.1. The lowest BCUT2D eigenvalue weighted by molar-refractivity contribution is 0.182. The predicted molar refractivity (Wildman–Crippen MR) is 109 cm³/mol. The number of quaternary nitrogens is 1. The summed E-state index contributed by atoms with van der Waals surface area (Å²) < 4.78 is 10.8. The minimum absolute atomic E-state index is 0.0671. The van der Waals surface area contributed by atoms with E-state index in [1.807, 2.05) is 38.1 Å². The lowest BCUT2D eigenvalue weighted by Gasteiger charge is -2.35. The van der Waals surface area contributed by atoms with Crippen LogP contribution in [0.3, 0.4) is 0 Å². The average Bonchev–Trinajstić information content (AvgIpc) is 2.71. The molecule has 0 unspecified atom stereocenters. The maximum absolute atomic E-state index is 13.4. The zero-order valence-electron chi connectivity index (χ0n) is 17.1. The number of urea groups is 1. The van der Waals surface area contributed by atoms with Gasteiger partial charge >= 0.3 is 12.0 Å². The van der Waals surface area contributed by atoms with Crippen molar-refractivity contribution >= 4 is 12.0 Å². The molecule has 7 nitrogen and oxygen atoms in total. The SMILES string of the molecule is COc1ccc(CNC(=O)[N+]2(c3nc(C)cc(C)n3)CCCCC2)c(OC)c1. The standard InChI is InChI=1S/C21H28N4O3/c1-15-12-16(2)24-20(23-15)25(10-6-5-7-11-25)21(26)22-14-17-8-9-18(27-3)13-19(17)28-4/h8-9,12-13H,5-7,10-11,14H2,1-4H3/p+1. The van der Waals surface area contributed by atoms with Crippen molar-refractivity contribution in [3.63, 3.8) is 0 Å². The molecular formula is C21H29N4O3+. The van der Waals surface area contributed by atoms with Gasteiger partial charge in [-0.25, -0.2) is 4.79 Å². The Bertz CT molecular complexity index is 827. The van der Waals surface area contributed by atoms with Gasteiger partial charge in [0.25, 0.3) is 0 Å². The number of nitrogens with zero attached hydrogens (tertiary/aromatic N) is 3. The smallest absolute Gasteiger partial charge is 0.424 e. The lowest BCUT2D eigenvalue weighted by atomic mass is 10.1. The van der Waals surface area contributed by atoms with Gasteiger partial charge in [-0.3, -0.25) is 0 Å². The van der Waals surface area contributed by atoms with Gasteiger partial charge < -0.3 is 14.8 Å². The number of amides is 2. The van der Waals surface area contributed by atoms with E-state index < -0.39 is 0 Å². The summed E-state index contributed by atoms with van der Waals surface area (Å²) in [5.41, 5.74) is 2.67. The van der Waals surface area contributed by atoms with Crippen molar-refractivity contribution in [2.75, 3.05) is 27.3 Å². The fraction of sp³-hybridized carbons (Fsp3) is 0.476. The molecule has 1 aliphatic rings. The van der Waals surface area contributed by atoms with E-state index in [2.05, 4.69) is 15.3 Å². The van der Waals surface area contributed by atoms with E-state index >= 15 is 0 Å². The van der Waals surface area contributed by atoms with Crippen molar-refractivity contribution in [3.05, 3.63) is 41.2 Å². The number of nitrogens with one attached hydrogen (secondary N) is 1. The van der Waals surface area contributed by atoms with Gasteiger partial charge in [0, 0.05) is 23.0 Å². The van der Waals surface area contributed by atoms with Gasteiger partial charge in [-0.2, -0.15) is 14.5 Å². The minimum atomic E-state index is -0.0671. The first kappa shape index (κ1) is 20.1. The van der Waals surface area contributed by atoms with E-state index in [1.54, 1.807) is 14.2 Å². The van der Waals surface area contributed by atoms with E-state index in [4.69, 9.17) is 9.47 Å². The van der Waals surface area contributed by atoms with Gasteiger partial charge in [-0.15, -0.1) is 0 Å². The molecule has 1 aliphatic heterocycles. The molecule has 28 heavy (non-hydrogen) atoms. The molecule has 0 radical (unpaired) electrons. The number of hydrogen-bond donors (Lipinski definition) is 1. The van der Waals surface area contributed by atoms with Gasteiger partial charge in [0.1, 0.15) is 11.5 Å². The molecule has 0 saturated carbocycles. The maximum atomic E-state index is 13.4. The topological polar surface area (TPSA) is 73.3 Å². The van der Waals surface area contributed by atoms with E-state index in [9.17, 15) is 4.79 Å². The number of hydrogen-bond acceptors (Lipinski definition) is 5. The van der Waals surface area contributed by atoms with Crippen LogP contribution < -0.4 is 19.3 Å². The number of methoxy groups -OCH3 is 2. The van der Waals surface area contributed by atoms with Gasteiger partial charge in [0.05, 0.1) is 33.9 Å². The Morgan fingerprint density at radius 2 is 1.71 bits per heavy atom. The number of carbonyl (C=O) groups excluding carboxylic acids is 1. The van der Waals surface area contributed by atoms with Crippen LogP contribution >= 0.6 is 0 Å². The molecular weight excluding hydrogens is 356 g/mol. The minimum Gasteiger partial charge on any atom is -0.497 e. The van der Waals surface area contributed by atoms with E-state index in [-0.39, 0.29) is 10.5 Å². The zero-order chi connectivity index (χ0) is 20.1. The summed E-state index contributed by atoms with van der Waals surface area (Å²) in [6, 6.07) is 7.46. The number of aromatic nitrogens is 2. The Balaban J connectivity index is 1.85. The first-order valence-corrected chi connectivity index (χ1v) is 9.68. The van der Waals surface area contributed by atoms with E-state index in [0.717, 1.165) is 42.0 Å². The molecule has 0 spiro atoms. The summed E-state index contributed by atoms with van der Waals surface area (Å²) in [5, 5.41) is 3.09. The number of rotatable bonds is 5. The molecule has 0 atom stereocenters. The van der Waals surface area contributed by atoms with Crippen LogP contribution in [-0.4, -0.2) is 43.3 Å². The quantitative estimate of drug-likeness (QED) is 0.798. The second kappa shape index (κ2) is 8.56. The number of benzene rings is 1. The van der Waals surface area contributed by atoms with Gasteiger partial charge in [0.2, 0.25) is 0 Å². The Hall–Kier alpha value is -2.67. The highest BCUT2D eigenvalue weighted by atomic mass is 16.5. The Labute approximate surface area is 166 Å². The summed E-state index contributed by atoms with van der Waals surface area (Å²) in [5.74, 6) is 2.00. The van der Waals surface area contributed by atoms with Crippen LogP contribution in [0, 0.1) is 13.8 Å². The Kier molecular flexibility index (Phi) is 6.14. The second-order valence-corrected chi connectivity index (χ2v) is 7.26. The molecule has 1 fully saturated rings. The van der Waals surface area contributed by atoms with E-state index in [0.29, 0.717) is 31.3 Å². The monoisotopic (exact) mass is 385 g/mol. The van der Waals surface area contributed by atoms with Crippen LogP contribution in [0.2, 0.25) is 0 Å². The third-order valence-electron chi connectivity index (χ3n) is 5.25. The number of carbonyl (C=O) groups is 1. The average molecular weight is 385 g/mol. The summed E-state index contributed by atoms with van der Waals surface area (Å²) >= 11 is 0. The molecule has 7 heteroatoms. The fourth-order valence-corrected chi connectivity index (χ4v) is 3.76. The highest BCUT2D eigenvalue weighted by Gasteiger charge is 2.43. The molecule has 3 rings (SSSR count). The fourth-order valence-electron chi connectivity index (χ4n) is 3.76. The van der Waals surface area contributed by atoms with Crippen molar-refractivity contribution < 1.29 is 14.3 Å². The van der Waals surface area contributed by atoms with Crippen LogP contribution in [0.1, 0.15) is 36.2 Å². The van der Waals surface area contributed by atoms with Crippen LogP contribution in [0.25, 0.3) is 0 Å². The molecule has 2 heterocycles. The molecule has 1 N–H and O–H groups in total. The Morgan fingerprint density at radius 1 is 1.04 bits per heavy atom.